The molecule has 0 bridgehead atoms. The Morgan fingerprint density at radius 1 is 1.00 bits per heavy atom. The summed E-state index contributed by atoms with van der Waals surface area (Å²) in [4.78, 5) is 12.7. The van der Waals surface area contributed by atoms with Gasteiger partial charge in [0.1, 0.15) is 0 Å². The molecule has 2 heterocycles. The van der Waals surface area contributed by atoms with Gasteiger partial charge in [-0.15, -0.1) is 10.2 Å². The first-order valence-corrected chi connectivity index (χ1v) is 9.97. The van der Waals surface area contributed by atoms with Crippen LogP contribution in [0, 0.1) is 0 Å². The molecule has 146 valence electrons. The molecule has 0 saturated heterocycles. The Hall–Kier alpha value is -3.52. The Labute approximate surface area is 171 Å². The van der Waals surface area contributed by atoms with Crippen molar-refractivity contribution in [3.63, 3.8) is 0 Å². The molecule has 0 spiro atoms. The highest BCUT2D eigenvalue weighted by atomic mass is 32.2. The van der Waals surface area contributed by atoms with E-state index in [9.17, 15) is 4.79 Å². The molecule has 0 aliphatic heterocycles. The van der Waals surface area contributed by atoms with E-state index in [1.807, 2.05) is 60.7 Å². The minimum atomic E-state index is -0.236. The second kappa shape index (κ2) is 8.66. The molecule has 7 nitrogen and oxygen atoms in total. The number of carbonyl (C=O) groups excluding carboxylic acids is 1. The predicted molar refractivity (Wildman–Crippen MR) is 111 cm³/mol. The molecule has 3 N–H and O–H groups in total. The molecule has 8 heteroatoms. The highest BCUT2D eigenvalue weighted by Crippen LogP contribution is 2.24. The van der Waals surface area contributed by atoms with E-state index in [-0.39, 0.29) is 17.7 Å². The van der Waals surface area contributed by atoms with Crippen molar-refractivity contribution in [2.24, 2.45) is 0 Å². The van der Waals surface area contributed by atoms with Crippen LogP contribution < -0.4 is 11.2 Å². The molecule has 0 unspecified atom stereocenters. The molecular weight excluding hydrogens is 386 g/mol. The average Bonchev–Trinajstić information content (AvgIpc) is 3.41. The molecule has 0 aliphatic rings. The molecule has 0 aliphatic carbocycles. The number of rotatable bonds is 7. The molecule has 1 amide bonds. The van der Waals surface area contributed by atoms with Gasteiger partial charge in [-0.2, -0.15) is 0 Å². The Morgan fingerprint density at radius 3 is 2.24 bits per heavy atom. The number of furan rings is 1. The molecule has 0 atom stereocenters. The maximum absolute atomic E-state index is 12.7. The molecule has 0 radical (unpaired) electrons. The largest absolute Gasteiger partial charge is 0.461 e. The van der Waals surface area contributed by atoms with Crippen molar-refractivity contribution in [3.05, 3.63) is 90.2 Å². The average molecular weight is 405 g/mol. The Bertz CT molecular complexity index is 1030. The number of carbonyl (C=O) groups is 1. The van der Waals surface area contributed by atoms with Gasteiger partial charge in [0, 0.05) is 0 Å². The van der Waals surface area contributed by atoms with E-state index < -0.39 is 0 Å². The van der Waals surface area contributed by atoms with Crippen molar-refractivity contribution < 1.29 is 9.21 Å². The van der Waals surface area contributed by atoms with Crippen LogP contribution in [0.5, 0.6) is 0 Å². The van der Waals surface area contributed by atoms with E-state index in [2.05, 4.69) is 15.5 Å². The summed E-state index contributed by atoms with van der Waals surface area (Å²) in [6.07, 6.45) is 1.54. The maximum Gasteiger partial charge on any atom is 0.231 e. The number of aromatic nitrogens is 3. The van der Waals surface area contributed by atoms with Gasteiger partial charge >= 0.3 is 0 Å². The van der Waals surface area contributed by atoms with E-state index >= 15 is 0 Å². The van der Waals surface area contributed by atoms with Gasteiger partial charge in [0.05, 0.1) is 18.1 Å². The third-order valence-corrected chi connectivity index (χ3v) is 5.25. The minimum absolute atomic E-state index is 0.129. The van der Waals surface area contributed by atoms with Crippen molar-refractivity contribution >= 4 is 17.7 Å². The third-order valence-electron chi connectivity index (χ3n) is 4.31. The number of amides is 1. The fourth-order valence-corrected chi connectivity index (χ4v) is 3.60. The number of hydrogen-bond acceptors (Lipinski definition) is 6. The highest BCUT2D eigenvalue weighted by molar-refractivity contribution is 7.99. The smallest absolute Gasteiger partial charge is 0.231 e. The molecule has 4 rings (SSSR count). The fourth-order valence-electron chi connectivity index (χ4n) is 2.93. The van der Waals surface area contributed by atoms with Gasteiger partial charge in [-0.05, 0) is 23.3 Å². The second-order valence-corrected chi connectivity index (χ2v) is 7.21. The van der Waals surface area contributed by atoms with E-state index in [0.29, 0.717) is 16.7 Å². The van der Waals surface area contributed by atoms with E-state index in [1.54, 1.807) is 12.1 Å². The summed E-state index contributed by atoms with van der Waals surface area (Å²) in [5, 5.41) is 11.6. The molecule has 0 saturated carbocycles. The Kier molecular flexibility index (Phi) is 5.62. The van der Waals surface area contributed by atoms with Crippen LogP contribution in [0.4, 0.5) is 0 Å². The molecule has 0 fully saturated rings. The van der Waals surface area contributed by atoms with Gasteiger partial charge in [-0.3, -0.25) is 4.79 Å². The topological polar surface area (TPSA) is 99.0 Å². The Balaban J connectivity index is 1.45. The number of nitrogens with zero attached hydrogens (tertiary/aromatic N) is 3. The van der Waals surface area contributed by atoms with Crippen LogP contribution in [-0.4, -0.2) is 26.5 Å². The molecule has 29 heavy (non-hydrogen) atoms. The van der Waals surface area contributed by atoms with Gasteiger partial charge < -0.3 is 15.6 Å². The van der Waals surface area contributed by atoms with Gasteiger partial charge in [-0.1, -0.05) is 72.4 Å². The highest BCUT2D eigenvalue weighted by Gasteiger charge is 2.19. The standard InChI is InChI=1S/C21H19N5O2S/c22-26-20(17-12-7-13-28-17)24-25-21(26)29-14-18(27)23-19(15-8-3-1-4-9-15)16-10-5-2-6-11-16/h1-13,19H,14,22H2,(H,23,27). The number of benzene rings is 2. The summed E-state index contributed by atoms with van der Waals surface area (Å²) in [6, 6.07) is 23.0. The van der Waals surface area contributed by atoms with E-state index in [1.165, 1.54) is 22.7 Å². The lowest BCUT2D eigenvalue weighted by molar-refractivity contribution is -0.119. The van der Waals surface area contributed by atoms with Crippen molar-refractivity contribution in [3.8, 4) is 11.6 Å². The number of hydrogen-bond donors (Lipinski definition) is 2. The summed E-state index contributed by atoms with van der Waals surface area (Å²) in [7, 11) is 0. The first-order chi connectivity index (χ1) is 14.2. The Morgan fingerprint density at radius 2 is 1.66 bits per heavy atom. The van der Waals surface area contributed by atoms with Crippen LogP contribution in [0.25, 0.3) is 11.6 Å². The lowest BCUT2D eigenvalue weighted by atomic mass is 9.99. The third kappa shape index (κ3) is 4.33. The first kappa shape index (κ1) is 18.8. The van der Waals surface area contributed by atoms with Crippen LogP contribution >= 0.6 is 11.8 Å². The summed E-state index contributed by atoms with van der Waals surface area (Å²) in [5.74, 6) is 7.00. The van der Waals surface area contributed by atoms with Gasteiger partial charge in [-0.25, -0.2) is 4.68 Å². The molecule has 2 aromatic carbocycles. The maximum atomic E-state index is 12.7. The van der Waals surface area contributed by atoms with E-state index in [4.69, 9.17) is 10.3 Å². The zero-order chi connectivity index (χ0) is 20.1. The van der Waals surface area contributed by atoms with E-state index in [0.717, 1.165) is 11.1 Å². The SMILES string of the molecule is Nn1c(SCC(=O)NC(c2ccccc2)c2ccccc2)nnc1-c1ccco1. The quantitative estimate of drug-likeness (QED) is 0.362. The van der Waals surface area contributed by atoms with Crippen LogP contribution in [0.1, 0.15) is 17.2 Å². The first-order valence-electron chi connectivity index (χ1n) is 8.99. The van der Waals surface area contributed by atoms with Gasteiger partial charge in [0.15, 0.2) is 5.76 Å². The monoisotopic (exact) mass is 405 g/mol. The molecule has 4 aromatic rings. The van der Waals surface area contributed by atoms with Crippen molar-refractivity contribution in [1.29, 1.82) is 0 Å². The zero-order valence-electron chi connectivity index (χ0n) is 15.4. The number of thioether (sulfide) groups is 1. The zero-order valence-corrected chi connectivity index (χ0v) is 16.3. The van der Waals surface area contributed by atoms with Crippen LogP contribution in [-0.2, 0) is 4.79 Å². The van der Waals surface area contributed by atoms with Crippen LogP contribution in [0.3, 0.4) is 0 Å². The number of nitrogen functional groups attached to an aromatic ring is 1. The number of nitrogens with two attached hydrogens (primary N) is 1. The molecular formula is C21H19N5O2S. The number of nitrogens with one attached hydrogen (secondary N) is 1. The second-order valence-electron chi connectivity index (χ2n) is 6.26. The summed E-state index contributed by atoms with van der Waals surface area (Å²) in [6.45, 7) is 0. The van der Waals surface area contributed by atoms with Gasteiger partial charge in [0.2, 0.25) is 16.9 Å². The summed E-state index contributed by atoms with van der Waals surface area (Å²) >= 11 is 1.22. The van der Waals surface area contributed by atoms with Crippen molar-refractivity contribution in [1.82, 2.24) is 20.2 Å². The van der Waals surface area contributed by atoms with Crippen LogP contribution in [0.2, 0.25) is 0 Å². The predicted octanol–water partition coefficient (Wildman–Crippen LogP) is 3.25. The summed E-state index contributed by atoms with van der Waals surface area (Å²) in [5.41, 5.74) is 2.03. The normalized spacial score (nSPS) is 10.9. The fraction of sp³-hybridized carbons (Fsp3) is 0.0952. The lowest BCUT2D eigenvalue weighted by Gasteiger charge is -2.19. The van der Waals surface area contributed by atoms with Crippen molar-refractivity contribution in [2.75, 3.05) is 11.6 Å². The van der Waals surface area contributed by atoms with Gasteiger partial charge in [0.25, 0.3) is 0 Å². The van der Waals surface area contributed by atoms with Crippen molar-refractivity contribution in [2.45, 2.75) is 11.2 Å². The molecule has 2 aromatic heterocycles. The van der Waals surface area contributed by atoms with Crippen LogP contribution in [0.15, 0.2) is 88.6 Å². The lowest BCUT2D eigenvalue weighted by Crippen LogP contribution is -2.30. The minimum Gasteiger partial charge on any atom is -0.461 e. The summed E-state index contributed by atoms with van der Waals surface area (Å²) < 4.78 is 6.62.